The summed E-state index contributed by atoms with van der Waals surface area (Å²) in [7, 11) is 0. The van der Waals surface area contributed by atoms with Crippen LogP contribution in [0.5, 0.6) is 0 Å². The van der Waals surface area contributed by atoms with Gasteiger partial charge < -0.3 is 10.3 Å². The quantitative estimate of drug-likeness (QED) is 0.866. The van der Waals surface area contributed by atoms with E-state index in [1.54, 1.807) is 25.1 Å². The Labute approximate surface area is 94.2 Å². The number of nitrogens with zero attached hydrogens (tertiary/aromatic N) is 1. The van der Waals surface area contributed by atoms with E-state index in [2.05, 4.69) is 21.1 Å². The Kier molecular flexibility index (Phi) is 2.48. The van der Waals surface area contributed by atoms with Gasteiger partial charge in [0.15, 0.2) is 11.6 Å². The monoisotopic (exact) mass is 270 g/mol. The number of nitrogen functional groups attached to an aromatic ring is 1. The third kappa shape index (κ3) is 1.63. The molecule has 0 aliphatic heterocycles. The van der Waals surface area contributed by atoms with E-state index >= 15 is 0 Å². The van der Waals surface area contributed by atoms with Gasteiger partial charge in [0.05, 0.1) is 10.0 Å². The predicted octanol–water partition coefficient (Wildman–Crippen LogP) is 3.13. The second-order valence-corrected chi connectivity index (χ2v) is 3.98. The Balaban J connectivity index is 2.64. The fourth-order valence-corrected chi connectivity index (χ4v) is 1.64. The normalized spacial score (nSPS) is 10.6. The molecule has 0 aliphatic rings. The van der Waals surface area contributed by atoms with Gasteiger partial charge in [-0.1, -0.05) is 11.2 Å². The first kappa shape index (κ1) is 10.2. The molecule has 1 aromatic heterocycles. The van der Waals surface area contributed by atoms with Crippen molar-refractivity contribution in [2.24, 2.45) is 0 Å². The molecule has 0 saturated heterocycles. The summed E-state index contributed by atoms with van der Waals surface area (Å²) < 4.78 is 19.1. The van der Waals surface area contributed by atoms with Crippen molar-refractivity contribution in [3.8, 4) is 11.3 Å². The summed E-state index contributed by atoms with van der Waals surface area (Å²) in [4.78, 5) is 0. The number of hydrogen-bond donors (Lipinski definition) is 1. The molecule has 0 fully saturated rings. The number of hydrogen-bond acceptors (Lipinski definition) is 3. The number of aromatic nitrogens is 1. The molecular formula is C10H8BrFN2O. The highest BCUT2D eigenvalue weighted by Crippen LogP contribution is 2.31. The molecule has 1 aromatic carbocycles. The molecule has 0 aliphatic carbocycles. The standard InChI is InChI=1S/C10H8BrFN2O/c1-5-9(15-14-10(5)13)6-3-2-4-7(11)8(6)12/h2-4H,1H3,(H2,13,14). The van der Waals surface area contributed by atoms with Gasteiger partial charge in [0, 0.05) is 5.56 Å². The molecule has 78 valence electrons. The van der Waals surface area contributed by atoms with Crippen LogP contribution in [0.25, 0.3) is 11.3 Å². The SMILES string of the molecule is Cc1c(N)noc1-c1cccc(Br)c1F. The number of benzene rings is 1. The van der Waals surface area contributed by atoms with E-state index in [9.17, 15) is 4.39 Å². The third-order valence-corrected chi connectivity index (χ3v) is 2.77. The van der Waals surface area contributed by atoms with Gasteiger partial charge in [0.2, 0.25) is 0 Å². The van der Waals surface area contributed by atoms with Crippen molar-refractivity contribution in [3.63, 3.8) is 0 Å². The minimum absolute atomic E-state index is 0.282. The maximum atomic E-state index is 13.7. The number of rotatable bonds is 1. The molecule has 15 heavy (non-hydrogen) atoms. The molecule has 0 saturated carbocycles. The average Bonchev–Trinajstić information content (AvgIpc) is 2.53. The summed E-state index contributed by atoms with van der Waals surface area (Å²) in [6, 6.07) is 4.96. The Hall–Kier alpha value is -1.36. The highest BCUT2D eigenvalue weighted by Gasteiger charge is 2.16. The van der Waals surface area contributed by atoms with Crippen molar-refractivity contribution >= 4 is 21.7 Å². The van der Waals surface area contributed by atoms with E-state index in [0.717, 1.165) is 0 Å². The maximum Gasteiger partial charge on any atom is 0.174 e. The number of nitrogens with two attached hydrogens (primary N) is 1. The van der Waals surface area contributed by atoms with Crippen molar-refractivity contribution < 1.29 is 8.91 Å². The van der Waals surface area contributed by atoms with Crippen molar-refractivity contribution in [2.45, 2.75) is 6.92 Å². The predicted molar refractivity (Wildman–Crippen MR) is 58.7 cm³/mol. The summed E-state index contributed by atoms with van der Waals surface area (Å²) >= 11 is 3.11. The molecule has 0 radical (unpaired) electrons. The van der Waals surface area contributed by atoms with Crippen LogP contribution in [0.2, 0.25) is 0 Å². The van der Waals surface area contributed by atoms with Crippen LogP contribution in [-0.4, -0.2) is 5.16 Å². The lowest BCUT2D eigenvalue weighted by molar-refractivity contribution is 0.432. The van der Waals surface area contributed by atoms with Gasteiger partial charge in [-0.2, -0.15) is 0 Å². The first-order chi connectivity index (χ1) is 7.11. The minimum Gasteiger partial charge on any atom is -0.381 e. The fourth-order valence-electron chi connectivity index (χ4n) is 1.28. The van der Waals surface area contributed by atoms with Crippen molar-refractivity contribution in [1.82, 2.24) is 5.16 Å². The summed E-state index contributed by atoms with van der Waals surface area (Å²) in [6.07, 6.45) is 0. The molecule has 0 spiro atoms. The summed E-state index contributed by atoms with van der Waals surface area (Å²) in [5.74, 6) is 0.271. The highest BCUT2D eigenvalue weighted by atomic mass is 79.9. The second-order valence-electron chi connectivity index (χ2n) is 3.12. The topological polar surface area (TPSA) is 52.0 Å². The van der Waals surface area contributed by atoms with Gasteiger partial charge in [-0.25, -0.2) is 4.39 Å². The van der Waals surface area contributed by atoms with Gasteiger partial charge in [0.25, 0.3) is 0 Å². The van der Waals surface area contributed by atoms with E-state index in [-0.39, 0.29) is 11.6 Å². The van der Waals surface area contributed by atoms with Crippen LogP contribution in [-0.2, 0) is 0 Å². The molecule has 3 nitrogen and oxygen atoms in total. The van der Waals surface area contributed by atoms with E-state index in [1.165, 1.54) is 0 Å². The Bertz CT molecular complexity index is 510. The molecule has 5 heteroatoms. The molecule has 2 N–H and O–H groups in total. The van der Waals surface area contributed by atoms with Crippen LogP contribution in [0, 0.1) is 12.7 Å². The summed E-state index contributed by atoms with van der Waals surface area (Å²) in [6.45, 7) is 1.74. The molecule has 0 unspecified atom stereocenters. The van der Waals surface area contributed by atoms with Crippen molar-refractivity contribution in [1.29, 1.82) is 0 Å². The van der Waals surface area contributed by atoms with Crippen LogP contribution in [0.4, 0.5) is 10.2 Å². The Morgan fingerprint density at radius 3 is 2.80 bits per heavy atom. The minimum atomic E-state index is -0.378. The summed E-state index contributed by atoms with van der Waals surface area (Å²) in [5.41, 5.74) is 6.53. The molecule has 0 atom stereocenters. The Morgan fingerprint density at radius 1 is 1.47 bits per heavy atom. The second kappa shape index (κ2) is 3.66. The van der Waals surface area contributed by atoms with Gasteiger partial charge in [-0.3, -0.25) is 0 Å². The average molecular weight is 271 g/mol. The molecule has 2 aromatic rings. The molecule has 1 heterocycles. The van der Waals surface area contributed by atoms with E-state index in [1.807, 2.05) is 0 Å². The zero-order valence-corrected chi connectivity index (χ0v) is 9.51. The van der Waals surface area contributed by atoms with E-state index in [4.69, 9.17) is 10.3 Å². The number of halogens is 2. The highest BCUT2D eigenvalue weighted by molar-refractivity contribution is 9.10. The first-order valence-electron chi connectivity index (χ1n) is 4.27. The van der Waals surface area contributed by atoms with Crippen LogP contribution < -0.4 is 5.73 Å². The first-order valence-corrected chi connectivity index (χ1v) is 5.06. The largest absolute Gasteiger partial charge is 0.381 e. The van der Waals surface area contributed by atoms with Crippen molar-refractivity contribution in [3.05, 3.63) is 34.1 Å². The van der Waals surface area contributed by atoms with Gasteiger partial charge in [-0.15, -0.1) is 0 Å². The lowest BCUT2D eigenvalue weighted by atomic mass is 10.1. The van der Waals surface area contributed by atoms with Gasteiger partial charge in [0.1, 0.15) is 5.82 Å². The number of anilines is 1. The maximum absolute atomic E-state index is 13.7. The van der Waals surface area contributed by atoms with Crippen molar-refractivity contribution in [2.75, 3.05) is 5.73 Å². The molecule has 0 amide bonds. The van der Waals surface area contributed by atoms with Gasteiger partial charge >= 0.3 is 0 Å². The van der Waals surface area contributed by atoms with E-state index < -0.39 is 0 Å². The zero-order chi connectivity index (χ0) is 11.0. The van der Waals surface area contributed by atoms with Crippen LogP contribution in [0.1, 0.15) is 5.56 Å². The van der Waals surface area contributed by atoms with Gasteiger partial charge in [-0.05, 0) is 35.0 Å². The third-order valence-electron chi connectivity index (χ3n) is 2.16. The molecule has 2 rings (SSSR count). The zero-order valence-electron chi connectivity index (χ0n) is 7.92. The smallest absolute Gasteiger partial charge is 0.174 e. The molecular weight excluding hydrogens is 263 g/mol. The fraction of sp³-hybridized carbons (Fsp3) is 0.100. The van der Waals surface area contributed by atoms with Crippen LogP contribution in [0.15, 0.2) is 27.2 Å². The van der Waals surface area contributed by atoms with Crippen LogP contribution in [0.3, 0.4) is 0 Å². The lowest BCUT2D eigenvalue weighted by Gasteiger charge is -2.01. The van der Waals surface area contributed by atoms with Crippen LogP contribution >= 0.6 is 15.9 Å². The summed E-state index contributed by atoms with van der Waals surface area (Å²) in [5, 5.41) is 3.58. The van der Waals surface area contributed by atoms with E-state index in [0.29, 0.717) is 21.4 Å². The molecule has 0 bridgehead atoms. The lowest BCUT2D eigenvalue weighted by Crippen LogP contribution is -1.88. The Morgan fingerprint density at radius 2 is 2.20 bits per heavy atom.